The van der Waals surface area contributed by atoms with Crippen LogP contribution in [-0.2, 0) is 22.7 Å². The van der Waals surface area contributed by atoms with E-state index in [2.05, 4.69) is 34.7 Å². The summed E-state index contributed by atoms with van der Waals surface area (Å²) in [5.74, 6) is 1.57. The van der Waals surface area contributed by atoms with Crippen molar-refractivity contribution in [3.63, 3.8) is 0 Å². The Morgan fingerprint density at radius 2 is 1.80 bits per heavy atom. The van der Waals surface area contributed by atoms with E-state index in [0.29, 0.717) is 29.2 Å². The van der Waals surface area contributed by atoms with E-state index in [-0.39, 0.29) is 30.7 Å². The lowest BCUT2D eigenvalue weighted by Gasteiger charge is -2.11. The second kappa shape index (κ2) is 12.4. The van der Waals surface area contributed by atoms with Crippen LogP contribution in [0, 0.1) is 13.8 Å². The van der Waals surface area contributed by atoms with Crippen LogP contribution in [0.15, 0.2) is 47.6 Å². The molecule has 0 aliphatic carbocycles. The van der Waals surface area contributed by atoms with E-state index in [4.69, 9.17) is 4.74 Å². The van der Waals surface area contributed by atoms with Crippen molar-refractivity contribution in [1.82, 2.24) is 20.1 Å². The molecule has 0 aliphatic heterocycles. The SMILES string of the molecule is CCn1c(CNC(=O)COc2ccc(C(C)C)cc2)nnc1SCC(=O)Nc1ccc(C)cc1C. The Hall–Kier alpha value is -3.33. The topological polar surface area (TPSA) is 98.1 Å². The van der Waals surface area contributed by atoms with Gasteiger partial charge in [0.25, 0.3) is 5.91 Å². The van der Waals surface area contributed by atoms with Crippen LogP contribution in [0.1, 0.15) is 49.2 Å². The van der Waals surface area contributed by atoms with Gasteiger partial charge in [0.05, 0.1) is 12.3 Å². The molecular formula is C26H33N5O3S. The van der Waals surface area contributed by atoms with Crippen molar-refractivity contribution < 1.29 is 14.3 Å². The number of nitrogens with zero attached hydrogens (tertiary/aromatic N) is 3. The van der Waals surface area contributed by atoms with Gasteiger partial charge in [0.2, 0.25) is 5.91 Å². The number of benzene rings is 2. The smallest absolute Gasteiger partial charge is 0.258 e. The van der Waals surface area contributed by atoms with Gasteiger partial charge in [0, 0.05) is 12.2 Å². The first-order valence-corrected chi connectivity index (χ1v) is 12.7. The molecule has 0 saturated carbocycles. The fourth-order valence-corrected chi connectivity index (χ4v) is 4.29. The minimum absolute atomic E-state index is 0.0819. The van der Waals surface area contributed by atoms with Crippen LogP contribution < -0.4 is 15.4 Å². The van der Waals surface area contributed by atoms with Crippen LogP contribution in [0.2, 0.25) is 0 Å². The van der Waals surface area contributed by atoms with Crippen LogP contribution in [0.3, 0.4) is 0 Å². The molecule has 0 bridgehead atoms. The highest BCUT2D eigenvalue weighted by Gasteiger charge is 2.15. The van der Waals surface area contributed by atoms with Crippen LogP contribution >= 0.6 is 11.8 Å². The Kier molecular flexibility index (Phi) is 9.31. The maximum atomic E-state index is 12.4. The third-order valence-corrected chi connectivity index (χ3v) is 6.43. The van der Waals surface area contributed by atoms with Gasteiger partial charge in [0.1, 0.15) is 5.75 Å². The second-order valence-electron chi connectivity index (χ2n) is 8.59. The lowest BCUT2D eigenvalue weighted by atomic mass is 10.0. The molecule has 0 unspecified atom stereocenters. The van der Waals surface area contributed by atoms with Crippen molar-refractivity contribution in [3.8, 4) is 5.75 Å². The Labute approximate surface area is 210 Å². The number of hydrogen-bond acceptors (Lipinski definition) is 6. The highest BCUT2D eigenvalue weighted by molar-refractivity contribution is 7.99. The number of rotatable bonds is 11. The summed E-state index contributed by atoms with van der Waals surface area (Å²) in [7, 11) is 0. The zero-order valence-electron chi connectivity index (χ0n) is 20.9. The highest BCUT2D eigenvalue weighted by atomic mass is 32.2. The average Bonchev–Trinajstić information content (AvgIpc) is 3.24. The monoisotopic (exact) mass is 495 g/mol. The summed E-state index contributed by atoms with van der Waals surface area (Å²) in [6, 6.07) is 13.7. The van der Waals surface area contributed by atoms with Crippen LogP contribution in [-0.4, -0.2) is 38.9 Å². The lowest BCUT2D eigenvalue weighted by Crippen LogP contribution is -2.29. The molecule has 1 aromatic heterocycles. The van der Waals surface area contributed by atoms with E-state index in [1.165, 1.54) is 17.3 Å². The number of aryl methyl sites for hydroxylation is 2. The molecule has 0 radical (unpaired) electrons. The van der Waals surface area contributed by atoms with Gasteiger partial charge in [-0.15, -0.1) is 10.2 Å². The molecule has 3 rings (SSSR count). The number of anilines is 1. The van der Waals surface area contributed by atoms with Crippen LogP contribution in [0.25, 0.3) is 0 Å². The predicted octanol–water partition coefficient (Wildman–Crippen LogP) is 4.46. The first-order chi connectivity index (χ1) is 16.8. The number of ether oxygens (including phenoxy) is 1. The average molecular weight is 496 g/mol. The van der Waals surface area contributed by atoms with E-state index < -0.39 is 0 Å². The van der Waals surface area contributed by atoms with Gasteiger partial charge in [-0.1, -0.05) is 55.4 Å². The third kappa shape index (κ3) is 7.58. The molecule has 0 saturated heterocycles. The summed E-state index contributed by atoms with van der Waals surface area (Å²) < 4.78 is 7.47. The number of amides is 2. The summed E-state index contributed by atoms with van der Waals surface area (Å²) in [6.45, 7) is 11.0. The van der Waals surface area contributed by atoms with Gasteiger partial charge in [-0.2, -0.15) is 0 Å². The molecule has 0 fully saturated rings. The summed E-state index contributed by atoms with van der Waals surface area (Å²) >= 11 is 1.31. The molecule has 2 amide bonds. The Balaban J connectivity index is 1.47. The van der Waals surface area contributed by atoms with Crippen molar-refractivity contribution in [1.29, 1.82) is 0 Å². The van der Waals surface area contributed by atoms with Gasteiger partial charge in [-0.05, 0) is 56.0 Å². The zero-order chi connectivity index (χ0) is 25.4. The van der Waals surface area contributed by atoms with Crippen molar-refractivity contribution in [2.75, 3.05) is 17.7 Å². The zero-order valence-corrected chi connectivity index (χ0v) is 21.7. The maximum absolute atomic E-state index is 12.4. The molecule has 0 atom stereocenters. The Bertz CT molecular complexity index is 1160. The fourth-order valence-electron chi connectivity index (χ4n) is 3.47. The van der Waals surface area contributed by atoms with Crippen molar-refractivity contribution in [2.24, 2.45) is 0 Å². The quantitative estimate of drug-likeness (QED) is 0.381. The summed E-state index contributed by atoms with van der Waals surface area (Å²) in [5, 5.41) is 14.8. The number of thioether (sulfide) groups is 1. The lowest BCUT2D eigenvalue weighted by molar-refractivity contribution is -0.123. The van der Waals surface area contributed by atoms with Crippen molar-refractivity contribution in [3.05, 3.63) is 65.0 Å². The molecule has 1 heterocycles. The summed E-state index contributed by atoms with van der Waals surface area (Å²) in [6.07, 6.45) is 0. The van der Waals surface area contributed by atoms with E-state index in [1.54, 1.807) is 0 Å². The molecule has 8 nitrogen and oxygen atoms in total. The van der Waals surface area contributed by atoms with E-state index >= 15 is 0 Å². The molecule has 0 spiro atoms. The molecular weight excluding hydrogens is 462 g/mol. The van der Waals surface area contributed by atoms with Gasteiger partial charge < -0.3 is 19.9 Å². The minimum Gasteiger partial charge on any atom is -0.484 e. The van der Waals surface area contributed by atoms with E-state index in [1.807, 2.05) is 67.8 Å². The highest BCUT2D eigenvalue weighted by Crippen LogP contribution is 2.20. The largest absolute Gasteiger partial charge is 0.484 e. The number of aromatic nitrogens is 3. The van der Waals surface area contributed by atoms with E-state index in [9.17, 15) is 9.59 Å². The molecule has 35 heavy (non-hydrogen) atoms. The van der Waals surface area contributed by atoms with Crippen molar-refractivity contribution >= 4 is 29.3 Å². The van der Waals surface area contributed by atoms with E-state index in [0.717, 1.165) is 16.8 Å². The second-order valence-corrected chi connectivity index (χ2v) is 9.53. The molecule has 2 N–H and O–H groups in total. The normalized spacial score (nSPS) is 10.9. The molecule has 186 valence electrons. The Morgan fingerprint density at radius 3 is 2.46 bits per heavy atom. The van der Waals surface area contributed by atoms with Gasteiger partial charge in [0.15, 0.2) is 17.6 Å². The van der Waals surface area contributed by atoms with Gasteiger partial charge in [-0.25, -0.2) is 0 Å². The number of carbonyl (C=O) groups excluding carboxylic acids is 2. The summed E-state index contributed by atoms with van der Waals surface area (Å²) in [5.41, 5.74) is 4.20. The fraction of sp³-hybridized carbons (Fsp3) is 0.385. The Morgan fingerprint density at radius 1 is 1.06 bits per heavy atom. The van der Waals surface area contributed by atoms with Crippen molar-refractivity contribution in [2.45, 2.75) is 58.8 Å². The van der Waals surface area contributed by atoms with Gasteiger partial charge in [-0.3, -0.25) is 9.59 Å². The maximum Gasteiger partial charge on any atom is 0.258 e. The minimum atomic E-state index is -0.245. The van der Waals surface area contributed by atoms with Crippen LogP contribution in [0.4, 0.5) is 5.69 Å². The predicted molar refractivity (Wildman–Crippen MR) is 139 cm³/mol. The first-order valence-electron chi connectivity index (χ1n) is 11.7. The number of nitrogens with one attached hydrogen (secondary N) is 2. The summed E-state index contributed by atoms with van der Waals surface area (Å²) in [4.78, 5) is 24.7. The van der Waals surface area contributed by atoms with Crippen LogP contribution in [0.5, 0.6) is 5.75 Å². The molecule has 2 aromatic carbocycles. The number of hydrogen-bond donors (Lipinski definition) is 2. The molecule has 3 aromatic rings. The first kappa shape index (κ1) is 26.3. The standard InChI is InChI=1S/C26H33N5O3S/c1-6-31-23(14-27-24(32)15-34-21-10-8-20(9-11-21)17(2)3)29-30-26(31)35-16-25(33)28-22-12-7-18(4)13-19(22)5/h7-13,17H,6,14-16H2,1-5H3,(H,27,32)(H,28,33). The van der Waals surface area contributed by atoms with Gasteiger partial charge >= 0.3 is 0 Å². The molecule has 9 heteroatoms. The molecule has 0 aliphatic rings. The number of carbonyl (C=O) groups is 2. The third-order valence-electron chi connectivity index (χ3n) is 5.46.